The van der Waals surface area contributed by atoms with Crippen molar-refractivity contribution in [3.05, 3.63) is 83.0 Å². The summed E-state index contributed by atoms with van der Waals surface area (Å²) in [6.45, 7) is 0. The number of aromatic nitrogens is 1. The highest BCUT2D eigenvalue weighted by Crippen LogP contribution is 2.26. The van der Waals surface area contributed by atoms with Gasteiger partial charge in [0.05, 0.1) is 4.92 Å². The summed E-state index contributed by atoms with van der Waals surface area (Å²) in [6, 6.07) is 15.6. The molecule has 0 aliphatic carbocycles. The van der Waals surface area contributed by atoms with Crippen molar-refractivity contribution < 1.29 is 22.3 Å². The van der Waals surface area contributed by atoms with Gasteiger partial charge in [0, 0.05) is 30.5 Å². The molecule has 9 heteroatoms. The molecule has 0 saturated carbocycles. The highest BCUT2D eigenvalue weighted by molar-refractivity contribution is 7.87. The zero-order valence-electron chi connectivity index (χ0n) is 13.2. The smallest absolute Gasteiger partial charge is 0.339 e. The molecule has 0 aliphatic rings. The molecule has 8 nitrogen and oxygen atoms in total. The lowest BCUT2D eigenvalue weighted by molar-refractivity contribution is -0.384. The molecule has 1 aromatic heterocycles. The Morgan fingerprint density at radius 2 is 1.65 bits per heavy atom. The van der Waals surface area contributed by atoms with Gasteiger partial charge in [0.25, 0.3) is 5.69 Å². The number of pyridine rings is 1. The number of hydrogen-bond donors (Lipinski definition) is 0. The first-order valence-corrected chi connectivity index (χ1v) is 8.73. The van der Waals surface area contributed by atoms with Crippen LogP contribution in [0.1, 0.15) is 0 Å². The van der Waals surface area contributed by atoms with Crippen molar-refractivity contribution in [2.24, 2.45) is 0 Å². The molecule has 1 heterocycles. The predicted octanol–water partition coefficient (Wildman–Crippen LogP) is 3.55. The van der Waals surface area contributed by atoms with E-state index in [1.807, 2.05) is 0 Å². The molecule has 26 heavy (non-hydrogen) atoms. The Kier molecular flexibility index (Phi) is 4.81. The Morgan fingerprint density at radius 3 is 2.31 bits per heavy atom. The van der Waals surface area contributed by atoms with E-state index in [1.165, 1.54) is 12.1 Å². The third-order valence-corrected chi connectivity index (χ3v) is 4.47. The summed E-state index contributed by atoms with van der Waals surface area (Å²) < 4.78 is 35.2. The Hall–Kier alpha value is -3.46. The molecule has 3 rings (SSSR count). The van der Waals surface area contributed by atoms with Crippen LogP contribution in [0.25, 0.3) is 0 Å². The highest BCUT2D eigenvalue weighted by Gasteiger charge is 2.18. The number of rotatable bonds is 6. The second kappa shape index (κ2) is 7.19. The molecule has 0 bridgehead atoms. The van der Waals surface area contributed by atoms with Gasteiger partial charge in [-0.25, -0.2) is 4.98 Å². The molecule has 132 valence electrons. The van der Waals surface area contributed by atoms with Crippen LogP contribution in [-0.2, 0) is 10.1 Å². The van der Waals surface area contributed by atoms with Crippen molar-refractivity contribution in [1.29, 1.82) is 0 Å². The van der Waals surface area contributed by atoms with E-state index in [0.29, 0.717) is 11.6 Å². The van der Waals surface area contributed by atoms with Gasteiger partial charge in [-0.05, 0) is 30.3 Å². The summed E-state index contributed by atoms with van der Waals surface area (Å²) >= 11 is 0. The zero-order chi connectivity index (χ0) is 18.6. The molecule has 0 spiro atoms. The number of nitro groups is 1. The average molecular weight is 372 g/mol. The van der Waals surface area contributed by atoms with Crippen LogP contribution >= 0.6 is 0 Å². The zero-order valence-corrected chi connectivity index (χ0v) is 14.0. The standard InChI is InChI=1S/C17H12N2O6S/c20-19(21)13-7-9-16(10-8-13)26(22,23)25-15-5-3-4-14(12-15)24-17-6-1-2-11-18-17/h1-12H. The number of non-ortho nitro benzene ring substituents is 1. The van der Waals surface area contributed by atoms with Crippen LogP contribution in [0.3, 0.4) is 0 Å². The van der Waals surface area contributed by atoms with Crippen LogP contribution in [0.15, 0.2) is 77.8 Å². The van der Waals surface area contributed by atoms with Crippen LogP contribution in [0.2, 0.25) is 0 Å². The molecular weight excluding hydrogens is 360 g/mol. The number of ether oxygens (including phenoxy) is 1. The fourth-order valence-corrected chi connectivity index (χ4v) is 2.95. The molecule has 0 amide bonds. The maximum absolute atomic E-state index is 12.3. The molecular formula is C17H12N2O6S. The summed E-state index contributed by atoms with van der Waals surface area (Å²) in [7, 11) is -4.14. The SMILES string of the molecule is O=[N+]([O-])c1ccc(S(=O)(=O)Oc2cccc(Oc3ccccn3)c2)cc1. The van der Waals surface area contributed by atoms with E-state index in [0.717, 1.165) is 24.3 Å². The first-order valence-electron chi connectivity index (χ1n) is 7.32. The van der Waals surface area contributed by atoms with Gasteiger partial charge in [-0.15, -0.1) is 0 Å². The van der Waals surface area contributed by atoms with Crippen molar-refractivity contribution >= 4 is 15.8 Å². The van der Waals surface area contributed by atoms with E-state index in [9.17, 15) is 18.5 Å². The van der Waals surface area contributed by atoms with E-state index in [2.05, 4.69) is 4.98 Å². The van der Waals surface area contributed by atoms with E-state index < -0.39 is 15.0 Å². The highest BCUT2D eigenvalue weighted by atomic mass is 32.2. The third kappa shape index (κ3) is 4.14. The summed E-state index contributed by atoms with van der Waals surface area (Å²) in [5, 5.41) is 10.6. The monoisotopic (exact) mass is 372 g/mol. The predicted molar refractivity (Wildman–Crippen MR) is 91.7 cm³/mol. The second-order valence-electron chi connectivity index (χ2n) is 5.03. The van der Waals surface area contributed by atoms with Gasteiger partial charge >= 0.3 is 10.1 Å². The van der Waals surface area contributed by atoms with Crippen molar-refractivity contribution in [2.75, 3.05) is 0 Å². The van der Waals surface area contributed by atoms with E-state index >= 15 is 0 Å². The maximum Gasteiger partial charge on any atom is 0.339 e. The molecule has 3 aromatic rings. The molecule has 0 atom stereocenters. The van der Waals surface area contributed by atoms with Crippen LogP contribution < -0.4 is 8.92 Å². The molecule has 0 N–H and O–H groups in total. The van der Waals surface area contributed by atoms with Crippen LogP contribution in [0, 0.1) is 10.1 Å². The van der Waals surface area contributed by atoms with Crippen LogP contribution in [-0.4, -0.2) is 18.3 Å². The van der Waals surface area contributed by atoms with Gasteiger partial charge in [-0.2, -0.15) is 8.42 Å². The third-order valence-electron chi connectivity index (χ3n) is 3.21. The Bertz CT molecular complexity index is 1020. The minimum atomic E-state index is -4.14. The topological polar surface area (TPSA) is 109 Å². The van der Waals surface area contributed by atoms with Gasteiger partial charge in [0.15, 0.2) is 0 Å². The van der Waals surface area contributed by atoms with Gasteiger partial charge < -0.3 is 8.92 Å². The van der Waals surface area contributed by atoms with Crippen LogP contribution in [0.4, 0.5) is 5.69 Å². The average Bonchev–Trinajstić information content (AvgIpc) is 2.62. The summed E-state index contributed by atoms with van der Waals surface area (Å²) in [5.74, 6) is 0.736. The largest absolute Gasteiger partial charge is 0.439 e. The Balaban J connectivity index is 1.79. The summed E-state index contributed by atoms with van der Waals surface area (Å²) in [6.07, 6.45) is 1.56. The van der Waals surface area contributed by atoms with Gasteiger partial charge in [0.2, 0.25) is 5.88 Å². The molecule has 0 saturated heterocycles. The van der Waals surface area contributed by atoms with Crippen molar-refractivity contribution in [3.8, 4) is 17.4 Å². The quantitative estimate of drug-likeness (QED) is 0.370. The van der Waals surface area contributed by atoms with Crippen molar-refractivity contribution in [1.82, 2.24) is 4.98 Å². The maximum atomic E-state index is 12.3. The minimum absolute atomic E-state index is 0.0387. The van der Waals surface area contributed by atoms with E-state index in [1.54, 1.807) is 36.5 Å². The van der Waals surface area contributed by atoms with Gasteiger partial charge in [-0.3, -0.25) is 10.1 Å². The normalized spacial score (nSPS) is 10.9. The molecule has 2 aromatic carbocycles. The first kappa shape index (κ1) is 17.4. The van der Waals surface area contributed by atoms with E-state index in [-0.39, 0.29) is 16.3 Å². The molecule has 0 fully saturated rings. The molecule has 0 radical (unpaired) electrons. The van der Waals surface area contributed by atoms with Gasteiger partial charge in [0.1, 0.15) is 16.4 Å². The fraction of sp³-hybridized carbons (Fsp3) is 0. The van der Waals surface area contributed by atoms with Crippen LogP contribution in [0.5, 0.6) is 17.4 Å². The lowest BCUT2D eigenvalue weighted by atomic mass is 10.3. The minimum Gasteiger partial charge on any atom is -0.439 e. The van der Waals surface area contributed by atoms with Crippen molar-refractivity contribution in [3.63, 3.8) is 0 Å². The lowest BCUT2D eigenvalue weighted by Gasteiger charge is -2.09. The number of nitro benzene ring substituents is 1. The Morgan fingerprint density at radius 1 is 0.923 bits per heavy atom. The summed E-state index contributed by atoms with van der Waals surface area (Å²) in [5.41, 5.74) is -0.213. The molecule has 0 aliphatic heterocycles. The number of hydrogen-bond acceptors (Lipinski definition) is 7. The second-order valence-corrected chi connectivity index (χ2v) is 6.58. The fourth-order valence-electron chi connectivity index (χ4n) is 2.03. The lowest BCUT2D eigenvalue weighted by Crippen LogP contribution is -2.09. The summed E-state index contributed by atoms with van der Waals surface area (Å²) in [4.78, 5) is 13.8. The molecule has 0 unspecified atom stereocenters. The van der Waals surface area contributed by atoms with Gasteiger partial charge in [-0.1, -0.05) is 12.1 Å². The first-order chi connectivity index (χ1) is 12.4. The number of nitrogens with zero attached hydrogens (tertiary/aromatic N) is 2. The Labute approximate surface area is 148 Å². The van der Waals surface area contributed by atoms with Crippen molar-refractivity contribution in [2.45, 2.75) is 4.90 Å². The number of benzene rings is 2. The van der Waals surface area contributed by atoms with E-state index in [4.69, 9.17) is 8.92 Å².